The zero-order chi connectivity index (χ0) is 47.5. The molecule has 12 aromatic carbocycles. The number of benzene rings is 12. The number of hydrogen-bond donors (Lipinski definition) is 0. The van der Waals surface area contributed by atoms with Gasteiger partial charge >= 0.3 is 0 Å². The van der Waals surface area contributed by atoms with Crippen LogP contribution in [0.1, 0.15) is 0 Å². The fourth-order valence-corrected chi connectivity index (χ4v) is 10.7. The predicted octanol–water partition coefficient (Wildman–Crippen LogP) is 17.9. The molecular weight excluding hydrogens is 873 g/mol. The molecule has 0 amide bonds. The second-order valence-electron chi connectivity index (χ2n) is 18.6. The highest BCUT2D eigenvalue weighted by Crippen LogP contribution is 2.41. The number of rotatable bonds is 7. The summed E-state index contributed by atoms with van der Waals surface area (Å²) in [5.74, 6) is 0. The summed E-state index contributed by atoms with van der Waals surface area (Å²) in [6.07, 6.45) is 3.85. The highest BCUT2D eigenvalue weighted by atomic mass is 14.8. The van der Waals surface area contributed by atoms with Gasteiger partial charge in [-0.05, 0) is 114 Å². The van der Waals surface area contributed by atoms with E-state index in [4.69, 9.17) is 19.9 Å². The summed E-state index contributed by atoms with van der Waals surface area (Å²) in [4.78, 5) is 21.3. The molecule has 0 N–H and O–H groups in total. The van der Waals surface area contributed by atoms with Gasteiger partial charge in [-0.1, -0.05) is 206 Å². The van der Waals surface area contributed by atoms with Crippen molar-refractivity contribution in [3.8, 4) is 78.1 Å². The van der Waals surface area contributed by atoms with Crippen molar-refractivity contribution >= 4 is 65.2 Å². The van der Waals surface area contributed by atoms with E-state index >= 15 is 0 Å². The van der Waals surface area contributed by atoms with Gasteiger partial charge in [-0.2, -0.15) is 0 Å². The van der Waals surface area contributed by atoms with Gasteiger partial charge in [0.1, 0.15) is 0 Å². The van der Waals surface area contributed by atoms with Gasteiger partial charge in [0.2, 0.25) is 0 Å². The SMILES string of the molecule is c1ccc(-c2ccc3c(c2)c2cc(-c4ccccc4)ccc2c2nc(-c4cccc(-c5cccc(-c6cnc7c8ccc(-c9ccccc9)cc8c8cc(-c9ccccc9)ccc8c7n6)c5)c4)cnc32)cc1. The Morgan fingerprint density at radius 2 is 0.444 bits per heavy atom. The van der Waals surface area contributed by atoms with Crippen LogP contribution in [-0.2, 0) is 0 Å². The number of aromatic nitrogens is 4. The van der Waals surface area contributed by atoms with Crippen LogP contribution >= 0.6 is 0 Å². The van der Waals surface area contributed by atoms with Crippen molar-refractivity contribution in [1.82, 2.24) is 19.9 Å². The molecule has 0 aliphatic heterocycles. The highest BCUT2D eigenvalue weighted by Gasteiger charge is 2.18. The fourth-order valence-electron chi connectivity index (χ4n) is 10.7. The summed E-state index contributed by atoms with van der Waals surface area (Å²) in [6, 6.07) is 86.5. The van der Waals surface area contributed by atoms with E-state index in [2.05, 4.69) is 243 Å². The third-order valence-electron chi connectivity index (χ3n) is 14.3. The first kappa shape index (κ1) is 41.3. The van der Waals surface area contributed by atoms with E-state index in [1.807, 2.05) is 12.4 Å². The van der Waals surface area contributed by atoms with Gasteiger partial charge < -0.3 is 0 Å². The van der Waals surface area contributed by atoms with Crippen LogP contribution in [0.4, 0.5) is 0 Å². The molecular formula is C68H42N4. The van der Waals surface area contributed by atoms with Crippen LogP contribution in [0, 0.1) is 0 Å². The lowest BCUT2D eigenvalue weighted by Gasteiger charge is -2.14. The van der Waals surface area contributed by atoms with E-state index in [1.54, 1.807) is 0 Å². The lowest BCUT2D eigenvalue weighted by atomic mass is 9.93. The second kappa shape index (κ2) is 17.1. The highest BCUT2D eigenvalue weighted by molar-refractivity contribution is 6.25. The molecule has 0 fully saturated rings. The summed E-state index contributed by atoms with van der Waals surface area (Å²) >= 11 is 0. The molecule has 0 aliphatic rings. The molecule has 0 radical (unpaired) electrons. The van der Waals surface area contributed by atoms with Crippen LogP contribution in [0.3, 0.4) is 0 Å². The maximum atomic E-state index is 5.44. The van der Waals surface area contributed by atoms with E-state index in [9.17, 15) is 0 Å². The number of hydrogen-bond acceptors (Lipinski definition) is 4. The molecule has 0 unspecified atom stereocenters. The molecule has 0 saturated heterocycles. The lowest BCUT2D eigenvalue weighted by Crippen LogP contribution is -1.94. The normalized spacial score (nSPS) is 11.6. The van der Waals surface area contributed by atoms with Crippen molar-refractivity contribution in [1.29, 1.82) is 0 Å². The molecule has 2 heterocycles. The third kappa shape index (κ3) is 7.16. The standard InChI is InChI=1S/C68H42N4/c1-5-15-43(16-6-1)49-27-31-55-59(37-49)61-39-51(45-19-9-3-10-20-45)29-33-57(61)67-65(55)69-41-63(71-67)53-25-13-23-47(35-53)48-24-14-26-54(36-48)64-42-70-66-56-32-28-50(44-17-7-2-8-18-44)38-60(56)62-40-52(46-21-11-4-12-22-46)30-34-58(62)68(66)72-64/h1-42H. The maximum absolute atomic E-state index is 5.44. The largest absolute Gasteiger partial charge is 0.252 e. The average Bonchev–Trinajstić information content (AvgIpc) is 3.47. The number of nitrogens with zero attached hydrogens (tertiary/aromatic N) is 4. The van der Waals surface area contributed by atoms with Gasteiger partial charge in [0.05, 0.1) is 45.8 Å². The van der Waals surface area contributed by atoms with Crippen molar-refractivity contribution in [2.45, 2.75) is 0 Å². The van der Waals surface area contributed by atoms with Gasteiger partial charge in [0.25, 0.3) is 0 Å². The van der Waals surface area contributed by atoms with Crippen LogP contribution in [0.2, 0.25) is 0 Å². The van der Waals surface area contributed by atoms with Crippen molar-refractivity contribution in [3.05, 3.63) is 255 Å². The van der Waals surface area contributed by atoms with Gasteiger partial charge in [-0.25, -0.2) is 9.97 Å². The first-order valence-electron chi connectivity index (χ1n) is 24.4. The van der Waals surface area contributed by atoms with Gasteiger partial charge in [-0.3, -0.25) is 9.97 Å². The molecule has 14 aromatic rings. The minimum absolute atomic E-state index is 0.819. The lowest BCUT2D eigenvalue weighted by molar-refractivity contribution is 1.31. The Labute approximate surface area is 416 Å². The quantitative estimate of drug-likeness (QED) is 0.150. The summed E-state index contributed by atoms with van der Waals surface area (Å²) in [6.45, 7) is 0. The van der Waals surface area contributed by atoms with Crippen LogP contribution in [0.15, 0.2) is 255 Å². The Balaban J connectivity index is 0.865. The minimum Gasteiger partial charge on any atom is -0.252 e. The first-order chi connectivity index (χ1) is 35.7. The van der Waals surface area contributed by atoms with Crippen molar-refractivity contribution < 1.29 is 0 Å². The van der Waals surface area contributed by atoms with E-state index in [1.165, 1.54) is 44.5 Å². The summed E-state index contributed by atoms with van der Waals surface area (Å²) in [7, 11) is 0. The third-order valence-corrected chi connectivity index (χ3v) is 14.3. The molecule has 0 saturated carbocycles. The molecule has 0 spiro atoms. The maximum Gasteiger partial charge on any atom is 0.0979 e. The summed E-state index contributed by atoms with van der Waals surface area (Å²) in [5.41, 5.74) is 18.7. The van der Waals surface area contributed by atoms with Gasteiger partial charge in [0, 0.05) is 32.7 Å². The van der Waals surface area contributed by atoms with Crippen molar-refractivity contribution in [2.75, 3.05) is 0 Å². The zero-order valence-electron chi connectivity index (χ0n) is 39.0. The number of fused-ring (bicyclic) bond motifs is 12. The van der Waals surface area contributed by atoms with E-state index in [0.29, 0.717) is 0 Å². The Hall–Kier alpha value is -9.64. The fraction of sp³-hybridized carbons (Fsp3) is 0. The molecule has 0 atom stereocenters. The van der Waals surface area contributed by atoms with Crippen LogP contribution in [0.5, 0.6) is 0 Å². The zero-order valence-corrected chi connectivity index (χ0v) is 39.0. The van der Waals surface area contributed by atoms with Crippen LogP contribution in [0.25, 0.3) is 143 Å². The van der Waals surface area contributed by atoms with Crippen molar-refractivity contribution in [3.63, 3.8) is 0 Å². The van der Waals surface area contributed by atoms with E-state index < -0.39 is 0 Å². The first-order valence-corrected chi connectivity index (χ1v) is 24.4. The molecule has 334 valence electrons. The molecule has 0 bridgehead atoms. The Morgan fingerprint density at radius 3 is 0.764 bits per heavy atom. The summed E-state index contributed by atoms with van der Waals surface area (Å²) < 4.78 is 0. The Kier molecular flexibility index (Phi) is 9.82. The van der Waals surface area contributed by atoms with E-state index in [0.717, 1.165) is 98.8 Å². The smallest absolute Gasteiger partial charge is 0.0979 e. The van der Waals surface area contributed by atoms with E-state index in [-0.39, 0.29) is 0 Å². The summed E-state index contributed by atoms with van der Waals surface area (Å²) in [5, 5.41) is 8.94. The Morgan fingerprint density at radius 1 is 0.181 bits per heavy atom. The molecule has 4 nitrogen and oxygen atoms in total. The van der Waals surface area contributed by atoms with Crippen molar-refractivity contribution in [2.24, 2.45) is 0 Å². The second-order valence-corrected chi connectivity index (χ2v) is 18.6. The Bertz CT molecular complexity index is 4130. The average molecular weight is 915 g/mol. The topological polar surface area (TPSA) is 51.6 Å². The molecule has 4 heteroatoms. The van der Waals surface area contributed by atoms with Gasteiger partial charge in [-0.15, -0.1) is 0 Å². The van der Waals surface area contributed by atoms with Gasteiger partial charge in [0.15, 0.2) is 0 Å². The van der Waals surface area contributed by atoms with Crippen LogP contribution in [-0.4, -0.2) is 19.9 Å². The molecule has 0 aliphatic carbocycles. The van der Waals surface area contributed by atoms with Crippen LogP contribution < -0.4 is 0 Å². The minimum atomic E-state index is 0.819. The predicted molar refractivity (Wildman–Crippen MR) is 301 cm³/mol. The monoisotopic (exact) mass is 914 g/mol. The molecule has 14 rings (SSSR count). The molecule has 2 aromatic heterocycles. The molecule has 72 heavy (non-hydrogen) atoms.